The highest BCUT2D eigenvalue weighted by Gasteiger charge is 2.18. The normalized spacial score (nSPS) is 14.4. The third-order valence-corrected chi connectivity index (χ3v) is 3.49. The molecule has 1 aliphatic heterocycles. The van der Waals surface area contributed by atoms with Crippen LogP contribution in [0.25, 0.3) is 0 Å². The molecular weight excluding hydrogens is 271 g/mol. The second kappa shape index (κ2) is 6.04. The molecular formula is C15H15FN4O. The van der Waals surface area contributed by atoms with E-state index in [4.69, 9.17) is 5.11 Å². The quantitative estimate of drug-likeness (QED) is 0.829. The van der Waals surface area contributed by atoms with Crippen LogP contribution >= 0.6 is 0 Å². The molecule has 0 aliphatic carbocycles. The lowest BCUT2D eigenvalue weighted by molar-refractivity contribution is 0.208. The lowest BCUT2D eigenvalue weighted by Crippen LogP contribution is -2.33. The van der Waals surface area contributed by atoms with Crippen LogP contribution < -0.4 is 0 Å². The van der Waals surface area contributed by atoms with Gasteiger partial charge >= 0.3 is 0 Å². The van der Waals surface area contributed by atoms with Gasteiger partial charge in [-0.1, -0.05) is 17.9 Å². The van der Waals surface area contributed by atoms with E-state index >= 15 is 0 Å². The Morgan fingerprint density at radius 3 is 3.10 bits per heavy atom. The molecule has 108 valence electrons. The van der Waals surface area contributed by atoms with E-state index < -0.39 is 0 Å². The molecule has 0 spiro atoms. The van der Waals surface area contributed by atoms with E-state index in [1.807, 2.05) is 4.57 Å². The topological polar surface area (TPSA) is 54.2 Å². The van der Waals surface area contributed by atoms with Gasteiger partial charge in [-0.05, 0) is 17.7 Å². The summed E-state index contributed by atoms with van der Waals surface area (Å²) in [4.78, 5) is 2.22. The van der Waals surface area contributed by atoms with Crippen molar-refractivity contribution >= 4 is 0 Å². The fourth-order valence-electron chi connectivity index (χ4n) is 2.43. The van der Waals surface area contributed by atoms with Crippen molar-refractivity contribution in [3.05, 3.63) is 47.3 Å². The van der Waals surface area contributed by atoms with E-state index in [1.54, 1.807) is 12.4 Å². The van der Waals surface area contributed by atoms with E-state index in [-0.39, 0.29) is 12.4 Å². The summed E-state index contributed by atoms with van der Waals surface area (Å²) in [6, 6.07) is 4.59. The van der Waals surface area contributed by atoms with Gasteiger partial charge in [0.1, 0.15) is 24.6 Å². The number of nitrogens with zero attached hydrogens (tertiary/aromatic N) is 4. The lowest BCUT2D eigenvalue weighted by atomic mass is 10.1. The van der Waals surface area contributed by atoms with E-state index in [2.05, 4.69) is 26.9 Å². The first-order valence-corrected chi connectivity index (χ1v) is 6.73. The van der Waals surface area contributed by atoms with Crippen LogP contribution in [0.15, 0.2) is 24.5 Å². The van der Waals surface area contributed by atoms with Crippen LogP contribution in [0.2, 0.25) is 0 Å². The molecule has 0 atom stereocenters. The maximum absolute atomic E-state index is 13.3. The van der Waals surface area contributed by atoms with Crippen molar-refractivity contribution < 1.29 is 9.50 Å². The maximum Gasteiger partial charge on any atom is 0.147 e. The lowest BCUT2D eigenvalue weighted by Gasteiger charge is -2.27. The number of rotatable bonds is 2. The molecule has 6 heteroatoms. The highest BCUT2D eigenvalue weighted by Crippen LogP contribution is 2.17. The standard InChI is InChI=1S/C15H15FN4O/c16-14-4-3-13(12(8-14)2-1-7-21)9-19-5-6-20-11-17-18-15(20)10-19/h3-4,8,11,21H,5-7,9-10H2. The highest BCUT2D eigenvalue weighted by molar-refractivity contribution is 5.41. The monoisotopic (exact) mass is 286 g/mol. The molecule has 5 nitrogen and oxygen atoms in total. The Bertz CT molecular complexity index is 701. The van der Waals surface area contributed by atoms with Gasteiger partial charge in [-0.2, -0.15) is 0 Å². The Labute approximate surface area is 122 Å². The summed E-state index contributed by atoms with van der Waals surface area (Å²) < 4.78 is 15.4. The molecule has 0 fully saturated rings. The van der Waals surface area contributed by atoms with Crippen LogP contribution in [0.3, 0.4) is 0 Å². The molecule has 2 aromatic rings. The largest absolute Gasteiger partial charge is 0.384 e. The Balaban J connectivity index is 1.79. The minimum atomic E-state index is -0.320. The zero-order valence-electron chi connectivity index (χ0n) is 11.5. The zero-order valence-corrected chi connectivity index (χ0v) is 11.5. The third kappa shape index (κ3) is 3.10. The first-order chi connectivity index (χ1) is 10.3. The van der Waals surface area contributed by atoms with Gasteiger partial charge in [0.05, 0.1) is 6.54 Å². The van der Waals surface area contributed by atoms with Gasteiger partial charge in [-0.25, -0.2) is 4.39 Å². The molecule has 3 rings (SSSR count). The summed E-state index contributed by atoms with van der Waals surface area (Å²) in [5.74, 6) is 6.00. The second-order valence-electron chi connectivity index (χ2n) is 4.91. The molecule has 1 aromatic heterocycles. The van der Waals surface area contributed by atoms with Crippen LogP contribution in [-0.4, -0.2) is 37.9 Å². The van der Waals surface area contributed by atoms with Crippen molar-refractivity contribution in [1.82, 2.24) is 19.7 Å². The predicted molar refractivity (Wildman–Crippen MR) is 74.5 cm³/mol. The second-order valence-corrected chi connectivity index (χ2v) is 4.91. The molecule has 0 amide bonds. The number of halogens is 1. The van der Waals surface area contributed by atoms with E-state index in [0.717, 1.165) is 24.5 Å². The van der Waals surface area contributed by atoms with Crippen LogP contribution in [0, 0.1) is 17.7 Å². The van der Waals surface area contributed by atoms with E-state index in [9.17, 15) is 4.39 Å². The van der Waals surface area contributed by atoms with Crippen molar-refractivity contribution in [2.75, 3.05) is 13.2 Å². The van der Waals surface area contributed by atoms with Crippen LogP contribution in [-0.2, 0) is 19.6 Å². The summed E-state index contributed by atoms with van der Waals surface area (Å²) in [5, 5.41) is 16.8. The van der Waals surface area contributed by atoms with Crippen molar-refractivity contribution in [3.8, 4) is 11.8 Å². The highest BCUT2D eigenvalue weighted by atomic mass is 19.1. The predicted octanol–water partition coefficient (Wildman–Crippen LogP) is 0.777. The van der Waals surface area contributed by atoms with Gasteiger partial charge in [0.25, 0.3) is 0 Å². The Kier molecular flexibility index (Phi) is 3.95. The molecule has 0 unspecified atom stereocenters. The summed E-state index contributed by atoms with van der Waals surface area (Å²) >= 11 is 0. The minimum Gasteiger partial charge on any atom is -0.384 e. The number of fused-ring (bicyclic) bond motifs is 1. The molecule has 1 aromatic carbocycles. The zero-order chi connectivity index (χ0) is 14.7. The number of aromatic nitrogens is 3. The summed E-state index contributed by atoms with van der Waals surface area (Å²) in [6.07, 6.45) is 1.74. The molecule has 2 heterocycles. The van der Waals surface area contributed by atoms with Crippen molar-refractivity contribution in [1.29, 1.82) is 0 Å². The average molecular weight is 286 g/mol. The molecule has 0 saturated heterocycles. The number of aliphatic hydroxyl groups is 1. The maximum atomic E-state index is 13.3. The summed E-state index contributed by atoms with van der Waals surface area (Å²) in [6.45, 7) is 2.88. The number of aliphatic hydroxyl groups excluding tert-OH is 1. The molecule has 0 bridgehead atoms. The Morgan fingerprint density at radius 2 is 2.24 bits per heavy atom. The summed E-state index contributed by atoms with van der Waals surface area (Å²) in [5.41, 5.74) is 1.57. The van der Waals surface area contributed by atoms with Crippen LogP contribution in [0.4, 0.5) is 4.39 Å². The van der Waals surface area contributed by atoms with Gasteiger partial charge in [0, 0.05) is 25.2 Å². The van der Waals surface area contributed by atoms with Crippen LogP contribution in [0.5, 0.6) is 0 Å². The third-order valence-electron chi connectivity index (χ3n) is 3.49. The van der Waals surface area contributed by atoms with Crippen LogP contribution in [0.1, 0.15) is 17.0 Å². The first kappa shape index (κ1) is 13.7. The Hall–Kier alpha value is -2.23. The number of hydrogen-bond donors (Lipinski definition) is 1. The van der Waals surface area contributed by atoms with Gasteiger partial charge in [0.2, 0.25) is 0 Å². The first-order valence-electron chi connectivity index (χ1n) is 6.73. The fourth-order valence-corrected chi connectivity index (χ4v) is 2.43. The smallest absolute Gasteiger partial charge is 0.147 e. The Morgan fingerprint density at radius 1 is 1.33 bits per heavy atom. The fraction of sp³-hybridized carbons (Fsp3) is 0.333. The van der Waals surface area contributed by atoms with Gasteiger partial charge in [0.15, 0.2) is 0 Å². The van der Waals surface area contributed by atoms with E-state index in [1.165, 1.54) is 12.1 Å². The van der Waals surface area contributed by atoms with Crippen molar-refractivity contribution in [2.24, 2.45) is 0 Å². The molecule has 0 radical (unpaired) electrons. The van der Waals surface area contributed by atoms with Gasteiger partial charge in [-0.3, -0.25) is 4.90 Å². The number of hydrogen-bond acceptors (Lipinski definition) is 4. The minimum absolute atomic E-state index is 0.233. The van der Waals surface area contributed by atoms with Crippen molar-refractivity contribution in [2.45, 2.75) is 19.6 Å². The average Bonchev–Trinajstić information content (AvgIpc) is 2.95. The molecule has 1 aliphatic rings. The van der Waals surface area contributed by atoms with Gasteiger partial charge < -0.3 is 9.67 Å². The summed E-state index contributed by atoms with van der Waals surface area (Å²) in [7, 11) is 0. The molecule has 1 N–H and O–H groups in total. The molecule has 21 heavy (non-hydrogen) atoms. The van der Waals surface area contributed by atoms with Gasteiger partial charge in [-0.15, -0.1) is 10.2 Å². The van der Waals surface area contributed by atoms with E-state index in [0.29, 0.717) is 18.7 Å². The van der Waals surface area contributed by atoms with Crippen molar-refractivity contribution in [3.63, 3.8) is 0 Å². The SMILES string of the molecule is OCC#Cc1cc(F)ccc1CN1CCn2cnnc2C1. The molecule has 0 saturated carbocycles. The number of benzene rings is 1.